The molecule has 5 unspecified atom stereocenters. The Morgan fingerprint density at radius 2 is 2.19 bits per heavy atom. The maximum Gasteiger partial charge on any atom is 0.115 e. The molecule has 0 aromatic carbocycles. The van der Waals surface area contributed by atoms with E-state index in [9.17, 15) is 4.21 Å². The van der Waals surface area contributed by atoms with Crippen LogP contribution in [0.3, 0.4) is 0 Å². The number of rotatable bonds is 3. The molecule has 1 saturated carbocycles. The maximum atomic E-state index is 13.4. The zero-order valence-electron chi connectivity index (χ0n) is 14.7. The van der Waals surface area contributed by atoms with Crippen molar-refractivity contribution in [1.82, 2.24) is 20.0 Å². The molecular formula is C18H21N5OS3. The Bertz CT molecular complexity index is 917. The van der Waals surface area contributed by atoms with Crippen LogP contribution in [0.15, 0.2) is 34.0 Å². The molecule has 6 nitrogen and oxygen atoms in total. The first kappa shape index (κ1) is 16.8. The summed E-state index contributed by atoms with van der Waals surface area (Å²) in [7, 11) is -0.918. The van der Waals surface area contributed by atoms with Gasteiger partial charge in [-0.1, -0.05) is 24.6 Å². The van der Waals surface area contributed by atoms with Crippen molar-refractivity contribution in [3.05, 3.63) is 44.7 Å². The van der Waals surface area contributed by atoms with E-state index in [1.54, 1.807) is 23.1 Å². The van der Waals surface area contributed by atoms with Crippen LogP contribution in [0.5, 0.6) is 0 Å². The first-order chi connectivity index (χ1) is 13.3. The van der Waals surface area contributed by atoms with E-state index in [4.69, 9.17) is 0 Å². The fourth-order valence-electron chi connectivity index (χ4n) is 4.97. The molecule has 5 atom stereocenters. The molecular weight excluding hydrogens is 398 g/mol. The summed E-state index contributed by atoms with van der Waals surface area (Å²) in [6.07, 6.45) is 11.3. The first-order valence-electron chi connectivity index (χ1n) is 9.55. The summed E-state index contributed by atoms with van der Waals surface area (Å²) in [4.78, 5) is 8.93. The molecule has 1 saturated heterocycles. The van der Waals surface area contributed by atoms with Crippen molar-refractivity contribution >= 4 is 33.9 Å². The minimum Gasteiger partial charge on any atom is -0.295 e. The van der Waals surface area contributed by atoms with Crippen LogP contribution in [0, 0.1) is 5.92 Å². The lowest BCUT2D eigenvalue weighted by Gasteiger charge is -2.42. The molecule has 3 aliphatic heterocycles. The Hall–Kier alpha value is -1.16. The predicted octanol–water partition coefficient (Wildman–Crippen LogP) is 3.26. The molecule has 2 N–H and O–H groups in total. The smallest absolute Gasteiger partial charge is 0.115 e. The summed E-state index contributed by atoms with van der Waals surface area (Å²) in [5.41, 5.74) is 5.93. The van der Waals surface area contributed by atoms with Crippen molar-refractivity contribution in [3.63, 3.8) is 0 Å². The highest BCUT2D eigenvalue weighted by Crippen LogP contribution is 2.56. The number of fused-ring (bicyclic) bond motifs is 2. The van der Waals surface area contributed by atoms with Crippen molar-refractivity contribution in [2.24, 2.45) is 5.92 Å². The zero-order chi connectivity index (χ0) is 18.0. The van der Waals surface area contributed by atoms with Crippen LogP contribution in [0.2, 0.25) is 0 Å². The lowest BCUT2D eigenvalue weighted by Crippen LogP contribution is -2.48. The third-order valence-corrected chi connectivity index (χ3v) is 10.7. The molecule has 0 spiro atoms. The van der Waals surface area contributed by atoms with Crippen molar-refractivity contribution in [2.45, 2.75) is 54.7 Å². The van der Waals surface area contributed by atoms with Gasteiger partial charge in [-0.2, -0.15) is 0 Å². The van der Waals surface area contributed by atoms with Gasteiger partial charge in [0.25, 0.3) is 0 Å². The van der Waals surface area contributed by atoms with Gasteiger partial charge in [0, 0.05) is 28.7 Å². The summed E-state index contributed by atoms with van der Waals surface area (Å²) >= 11 is 3.50. The minimum atomic E-state index is -0.918. The molecule has 5 heterocycles. The second-order valence-corrected chi connectivity index (χ2v) is 11.7. The quantitative estimate of drug-likeness (QED) is 0.796. The molecule has 0 radical (unpaired) electrons. The van der Waals surface area contributed by atoms with E-state index in [1.807, 2.05) is 28.8 Å². The Kier molecular flexibility index (Phi) is 4.00. The number of hydrogen-bond acceptors (Lipinski definition) is 7. The first-order valence-corrected chi connectivity index (χ1v) is 12.5. The van der Waals surface area contributed by atoms with Crippen molar-refractivity contribution in [1.29, 1.82) is 0 Å². The molecule has 6 rings (SSSR count). The summed E-state index contributed by atoms with van der Waals surface area (Å²) in [6, 6.07) is 0.241. The normalized spacial score (nSPS) is 33.6. The van der Waals surface area contributed by atoms with Crippen LogP contribution >= 0.6 is 23.1 Å². The van der Waals surface area contributed by atoms with Crippen LogP contribution in [0.1, 0.15) is 54.8 Å². The number of hydrogen-bond donors (Lipinski definition) is 2. The highest BCUT2D eigenvalue weighted by atomic mass is 32.2. The number of nitrogens with zero attached hydrogens (tertiary/aromatic N) is 3. The van der Waals surface area contributed by atoms with Crippen LogP contribution in [-0.4, -0.2) is 29.5 Å². The van der Waals surface area contributed by atoms with Gasteiger partial charge in [-0.3, -0.25) is 15.0 Å². The van der Waals surface area contributed by atoms with Crippen LogP contribution in [-0.2, 0) is 10.8 Å². The second kappa shape index (κ2) is 6.43. The van der Waals surface area contributed by atoms with E-state index in [-0.39, 0.29) is 11.4 Å². The van der Waals surface area contributed by atoms with Gasteiger partial charge in [0.2, 0.25) is 0 Å². The van der Waals surface area contributed by atoms with E-state index in [1.165, 1.54) is 18.5 Å². The highest BCUT2D eigenvalue weighted by molar-refractivity contribution is 8.17. The SMILES string of the molecule is O=S(C1=C2Nn3cncc3C3CC(c4nccs4)NC(S1)C23)C1CCCC1. The lowest BCUT2D eigenvalue weighted by atomic mass is 9.78. The number of piperidine rings is 1. The van der Waals surface area contributed by atoms with Gasteiger partial charge in [-0.25, -0.2) is 14.6 Å². The largest absolute Gasteiger partial charge is 0.295 e. The topological polar surface area (TPSA) is 71.8 Å². The molecule has 27 heavy (non-hydrogen) atoms. The number of thiazole rings is 1. The molecule has 0 amide bonds. The zero-order valence-corrected chi connectivity index (χ0v) is 17.2. The predicted molar refractivity (Wildman–Crippen MR) is 109 cm³/mol. The van der Waals surface area contributed by atoms with Gasteiger partial charge in [0.15, 0.2) is 0 Å². The fraction of sp³-hybridized carbons (Fsp3) is 0.556. The summed E-state index contributed by atoms with van der Waals surface area (Å²) in [6.45, 7) is 0. The molecule has 9 heteroatoms. The second-order valence-electron chi connectivity index (χ2n) is 7.70. The van der Waals surface area contributed by atoms with Gasteiger partial charge in [0.05, 0.1) is 44.0 Å². The Labute approximate surface area is 168 Å². The summed E-state index contributed by atoms with van der Waals surface area (Å²) in [5.74, 6) is 0.699. The van der Waals surface area contributed by atoms with Crippen LogP contribution in [0.25, 0.3) is 0 Å². The highest BCUT2D eigenvalue weighted by Gasteiger charge is 2.51. The monoisotopic (exact) mass is 419 g/mol. The van der Waals surface area contributed by atoms with E-state index in [0.29, 0.717) is 17.1 Å². The number of aromatic nitrogens is 3. The number of nitrogens with one attached hydrogen (secondary N) is 2. The van der Waals surface area contributed by atoms with Crippen LogP contribution in [0.4, 0.5) is 0 Å². The van der Waals surface area contributed by atoms with E-state index in [2.05, 4.69) is 20.7 Å². The van der Waals surface area contributed by atoms with Crippen molar-refractivity contribution < 1.29 is 4.21 Å². The third kappa shape index (κ3) is 2.58. The molecule has 0 bridgehead atoms. The Morgan fingerprint density at radius 1 is 1.30 bits per heavy atom. The van der Waals surface area contributed by atoms with Crippen molar-refractivity contribution in [3.8, 4) is 0 Å². The van der Waals surface area contributed by atoms with Gasteiger partial charge in [-0.05, 0) is 19.3 Å². The molecule has 2 aromatic heterocycles. The maximum absolute atomic E-state index is 13.4. The number of thioether (sulfide) groups is 1. The number of imidazole rings is 1. The van der Waals surface area contributed by atoms with E-state index < -0.39 is 10.8 Å². The average molecular weight is 420 g/mol. The van der Waals surface area contributed by atoms with E-state index >= 15 is 0 Å². The fourth-order valence-corrected chi connectivity index (χ4v) is 9.49. The molecule has 2 fully saturated rings. The molecule has 2 aromatic rings. The lowest BCUT2D eigenvalue weighted by molar-refractivity contribution is 0.266. The average Bonchev–Trinajstić information content (AvgIpc) is 3.47. The standard InChI is InChI=1S/C18H21N5OS3/c24-27(10-3-1-2-4-10)18-15-14-11(13-8-19-9-23(13)22-15)7-12(21-17(14)26-18)16-20-5-6-25-16/h5-6,8-12,14,17,21-22H,1-4,7H2. The molecule has 142 valence electrons. The Morgan fingerprint density at radius 3 is 3.00 bits per heavy atom. The van der Waals surface area contributed by atoms with Crippen LogP contribution < -0.4 is 10.7 Å². The third-order valence-electron chi connectivity index (χ3n) is 6.23. The van der Waals surface area contributed by atoms with Gasteiger partial charge in [0.1, 0.15) is 11.3 Å². The van der Waals surface area contributed by atoms with Gasteiger partial charge >= 0.3 is 0 Å². The Balaban J connectivity index is 1.41. The van der Waals surface area contributed by atoms with E-state index in [0.717, 1.165) is 34.2 Å². The minimum absolute atomic E-state index is 0.240. The summed E-state index contributed by atoms with van der Waals surface area (Å²) < 4.78 is 16.5. The molecule has 1 aliphatic carbocycles. The molecule has 4 aliphatic rings. The summed E-state index contributed by atoms with van der Waals surface area (Å²) in [5, 5.41) is 7.56. The van der Waals surface area contributed by atoms with Gasteiger partial charge < -0.3 is 0 Å². The van der Waals surface area contributed by atoms with Gasteiger partial charge in [-0.15, -0.1) is 11.3 Å². The van der Waals surface area contributed by atoms with Crippen molar-refractivity contribution in [2.75, 3.05) is 5.43 Å².